The Labute approximate surface area is 178 Å². The third-order valence-corrected chi connectivity index (χ3v) is 5.06. The van der Waals surface area contributed by atoms with Gasteiger partial charge in [0.05, 0.1) is 0 Å². The van der Waals surface area contributed by atoms with E-state index >= 15 is 0 Å². The number of carbonyl (C=O) groups is 3. The zero-order chi connectivity index (χ0) is 21.5. The average molecular weight is 432 g/mol. The Hall–Kier alpha value is -3.13. The summed E-state index contributed by atoms with van der Waals surface area (Å²) in [5.74, 6) is -1.69. The molecule has 0 radical (unpaired) electrons. The summed E-state index contributed by atoms with van der Waals surface area (Å²) in [7, 11) is 0. The third kappa shape index (κ3) is 5.70. The maximum Gasteiger partial charge on any atom is 0.410 e. The summed E-state index contributed by atoms with van der Waals surface area (Å²) in [6.45, 7) is 0.483. The molecule has 1 aliphatic heterocycles. The van der Waals surface area contributed by atoms with Crippen LogP contribution in [0.3, 0.4) is 0 Å². The van der Waals surface area contributed by atoms with Gasteiger partial charge in [0.2, 0.25) is 5.91 Å². The Balaban J connectivity index is 1.59. The number of carboxylic acid groups (broad SMARTS) is 1. The summed E-state index contributed by atoms with van der Waals surface area (Å²) in [5.41, 5.74) is 1.46. The summed E-state index contributed by atoms with van der Waals surface area (Å²) in [4.78, 5) is 42.1. The maximum absolute atomic E-state index is 12.7. The Morgan fingerprint density at radius 2 is 1.97 bits per heavy atom. The molecule has 2 heterocycles. The van der Waals surface area contributed by atoms with Gasteiger partial charge in [-0.2, -0.15) is 0 Å². The van der Waals surface area contributed by atoms with Gasteiger partial charge in [-0.05, 0) is 30.0 Å². The van der Waals surface area contributed by atoms with Crippen LogP contribution in [0.1, 0.15) is 24.0 Å². The predicted octanol–water partition coefficient (Wildman–Crippen LogP) is 2.65. The lowest BCUT2D eigenvalue weighted by Gasteiger charge is -2.25. The van der Waals surface area contributed by atoms with E-state index in [1.165, 1.54) is 11.1 Å². The van der Waals surface area contributed by atoms with E-state index in [-0.39, 0.29) is 13.0 Å². The fraction of sp³-hybridized carbons (Fsp3) is 0.333. The van der Waals surface area contributed by atoms with Crippen molar-refractivity contribution in [2.75, 3.05) is 6.54 Å². The smallest absolute Gasteiger partial charge is 0.410 e. The SMILES string of the molecule is O=C(O)[C@H](Cc1ccc(Cl)nc1)NC(=O)[C@H]1CCCN1C(=O)OCc1ccccc1. The van der Waals surface area contributed by atoms with Crippen molar-refractivity contribution in [2.45, 2.75) is 38.0 Å². The molecule has 158 valence electrons. The van der Waals surface area contributed by atoms with Crippen LogP contribution in [-0.2, 0) is 27.4 Å². The van der Waals surface area contributed by atoms with Crippen LogP contribution < -0.4 is 5.32 Å². The molecule has 8 nitrogen and oxygen atoms in total. The molecule has 2 aromatic rings. The number of aliphatic carboxylic acids is 1. The summed E-state index contributed by atoms with van der Waals surface area (Å²) in [6, 6.07) is 10.5. The van der Waals surface area contributed by atoms with E-state index in [9.17, 15) is 19.5 Å². The van der Waals surface area contributed by atoms with E-state index in [2.05, 4.69) is 10.3 Å². The molecule has 1 fully saturated rings. The van der Waals surface area contributed by atoms with Crippen molar-refractivity contribution in [1.82, 2.24) is 15.2 Å². The molecule has 2 N–H and O–H groups in total. The second-order valence-corrected chi connectivity index (χ2v) is 7.37. The fourth-order valence-corrected chi connectivity index (χ4v) is 3.40. The van der Waals surface area contributed by atoms with Crippen molar-refractivity contribution in [3.8, 4) is 0 Å². The number of nitrogens with zero attached hydrogens (tertiary/aromatic N) is 2. The minimum absolute atomic E-state index is 0.0520. The van der Waals surface area contributed by atoms with Gasteiger partial charge >= 0.3 is 12.1 Å². The first-order chi connectivity index (χ1) is 14.4. The summed E-state index contributed by atoms with van der Waals surface area (Å²) in [5, 5.41) is 12.3. The second kappa shape index (κ2) is 10.1. The number of rotatable bonds is 7. The molecule has 0 saturated carbocycles. The van der Waals surface area contributed by atoms with Crippen molar-refractivity contribution >= 4 is 29.6 Å². The van der Waals surface area contributed by atoms with Crippen molar-refractivity contribution in [3.63, 3.8) is 0 Å². The molecule has 1 aromatic carbocycles. The predicted molar refractivity (Wildman–Crippen MR) is 109 cm³/mol. The van der Waals surface area contributed by atoms with Gasteiger partial charge in [0.1, 0.15) is 23.8 Å². The van der Waals surface area contributed by atoms with Crippen LogP contribution in [0.15, 0.2) is 48.7 Å². The molecular formula is C21H22ClN3O5. The van der Waals surface area contributed by atoms with E-state index in [0.717, 1.165) is 5.56 Å². The standard InChI is InChI=1S/C21H22ClN3O5/c22-18-9-8-15(12-23-18)11-16(20(27)28)24-19(26)17-7-4-10-25(17)21(29)30-13-14-5-2-1-3-6-14/h1-3,5-6,8-9,12,16-17H,4,7,10-11,13H2,(H,24,26)(H,27,28)/t16-,17+/m0/s1. The average Bonchev–Trinajstić information content (AvgIpc) is 3.24. The van der Waals surface area contributed by atoms with E-state index in [4.69, 9.17) is 16.3 Å². The number of hydrogen-bond acceptors (Lipinski definition) is 5. The molecule has 1 aromatic heterocycles. The van der Waals surface area contributed by atoms with Crippen molar-refractivity contribution in [2.24, 2.45) is 0 Å². The largest absolute Gasteiger partial charge is 0.480 e. The Kier molecular flexibility index (Phi) is 7.24. The van der Waals surface area contributed by atoms with E-state index in [1.807, 2.05) is 30.3 Å². The van der Waals surface area contributed by atoms with Crippen LogP contribution in [0.2, 0.25) is 5.15 Å². The van der Waals surface area contributed by atoms with Gasteiger partial charge < -0.3 is 15.2 Å². The monoisotopic (exact) mass is 431 g/mol. The maximum atomic E-state index is 12.7. The Bertz CT molecular complexity index is 891. The van der Waals surface area contributed by atoms with Crippen molar-refractivity contribution < 1.29 is 24.2 Å². The van der Waals surface area contributed by atoms with Gasteiger partial charge in [-0.1, -0.05) is 48.0 Å². The zero-order valence-corrected chi connectivity index (χ0v) is 16.9. The molecule has 30 heavy (non-hydrogen) atoms. The molecule has 0 aliphatic carbocycles. The first-order valence-corrected chi connectivity index (χ1v) is 9.93. The summed E-state index contributed by atoms with van der Waals surface area (Å²) in [6.07, 6.45) is 2.01. The van der Waals surface area contributed by atoms with E-state index in [1.54, 1.807) is 12.1 Å². The molecule has 1 aliphatic rings. The highest BCUT2D eigenvalue weighted by Crippen LogP contribution is 2.19. The molecule has 9 heteroatoms. The highest BCUT2D eigenvalue weighted by atomic mass is 35.5. The topological polar surface area (TPSA) is 109 Å². The Morgan fingerprint density at radius 3 is 2.63 bits per heavy atom. The third-order valence-electron chi connectivity index (χ3n) is 4.84. The number of hydrogen-bond donors (Lipinski definition) is 2. The van der Waals surface area contributed by atoms with Crippen LogP contribution in [-0.4, -0.2) is 51.6 Å². The second-order valence-electron chi connectivity index (χ2n) is 6.98. The minimum Gasteiger partial charge on any atom is -0.480 e. The Morgan fingerprint density at radius 1 is 1.20 bits per heavy atom. The number of carbonyl (C=O) groups excluding carboxylic acids is 2. The number of amides is 2. The molecule has 3 rings (SSSR count). The molecule has 0 unspecified atom stereocenters. The van der Waals surface area contributed by atoms with Crippen LogP contribution >= 0.6 is 11.6 Å². The van der Waals surface area contributed by atoms with Crippen molar-refractivity contribution in [3.05, 3.63) is 64.9 Å². The van der Waals surface area contributed by atoms with Gasteiger partial charge in [0.15, 0.2) is 0 Å². The van der Waals surface area contributed by atoms with Gasteiger partial charge in [0.25, 0.3) is 0 Å². The fourth-order valence-electron chi connectivity index (χ4n) is 3.29. The molecule has 2 amide bonds. The molecular weight excluding hydrogens is 410 g/mol. The first-order valence-electron chi connectivity index (χ1n) is 9.55. The number of benzene rings is 1. The number of nitrogens with one attached hydrogen (secondary N) is 1. The lowest BCUT2D eigenvalue weighted by atomic mass is 10.1. The molecule has 1 saturated heterocycles. The number of aromatic nitrogens is 1. The summed E-state index contributed by atoms with van der Waals surface area (Å²) >= 11 is 5.75. The highest BCUT2D eigenvalue weighted by Gasteiger charge is 2.36. The number of carboxylic acids is 1. The van der Waals surface area contributed by atoms with Gasteiger partial charge in [0, 0.05) is 19.2 Å². The number of likely N-dealkylation sites (tertiary alicyclic amines) is 1. The van der Waals surface area contributed by atoms with Crippen LogP contribution in [0.4, 0.5) is 4.79 Å². The van der Waals surface area contributed by atoms with Crippen molar-refractivity contribution in [1.29, 1.82) is 0 Å². The van der Waals surface area contributed by atoms with Crippen LogP contribution in [0.25, 0.3) is 0 Å². The van der Waals surface area contributed by atoms with Crippen LogP contribution in [0, 0.1) is 0 Å². The minimum atomic E-state index is -1.17. The highest BCUT2D eigenvalue weighted by molar-refractivity contribution is 6.29. The lowest BCUT2D eigenvalue weighted by Crippen LogP contribution is -2.51. The van der Waals surface area contributed by atoms with Crippen LogP contribution in [0.5, 0.6) is 0 Å². The quantitative estimate of drug-likeness (QED) is 0.652. The zero-order valence-electron chi connectivity index (χ0n) is 16.2. The number of pyridine rings is 1. The number of ether oxygens (including phenoxy) is 1. The first kappa shape index (κ1) is 21.6. The van der Waals surface area contributed by atoms with E-state index < -0.39 is 30.1 Å². The molecule has 2 atom stereocenters. The molecule has 0 spiro atoms. The number of halogens is 1. The summed E-state index contributed by atoms with van der Waals surface area (Å²) < 4.78 is 5.32. The lowest BCUT2D eigenvalue weighted by molar-refractivity contribution is -0.142. The normalized spacial score (nSPS) is 16.7. The van der Waals surface area contributed by atoms with E-state index in [0.29, 0.717) is 30.1 Å². The van der Waals surface area contributed by atoms with Gasteiger partial charge in [-0.3, -0.25) is 9.69 Å². The molecule has 0 bridgehead atoms. The van der Waals surface area contributed by atoms with Gasteiger partial charge in [-0.25, -0.2) is 14.6 Å². The van der Waals surface area contributed by atoms with Gasteiger partial charge in [-0.15, -0.1) is 0 Å².